The molecule has 0 amide bonds. The van der Waals surface area contributed by atoms with Crippen LogP contribution in [-0.2, 0) is 10.0 Å². The third kappa shape index (κ3) is 3.09. The lowest BCUT2D eigenvalue weighted by molar-refractivity contribution is 0.291. The molecule has 2 N–H and O–H groups in total. The van der Waals surface area contributed by atoms with Crippen molar-refractivity contribution >= 4 is 27.3 Å². The zero-order valence-electron chi connectivity index (χ0n) is 11.7. The highest BCUT2D eigenvalue weighted by atomic mass is 35.5. The van der Waals surface area contributed by atoms with Gasteiger partial charge >= 0.3 is 0 Å². The molecule has 1 heterocycles. The average Bonchev–Trinajstić information content (AvgIpc) is 2.76. The fourth-order valence-corrected chi connectivity index (χ4v) is 4.80. The first-order chi connectivity index (χ1) is 9.32. The van der Waals surface area contributed by atoms with Crippen molar-refractivity contribution in [3.05, 3.63) is 23.2 Å². The Kier molecular flexibility index (Phi) is 4.59. The number of nitrogens with zero attached hydrogens (tertiary/aromatic N) is 2. The number of nitrogens with two attached hydrogens (primary N) is 1. The zero-order valence-corrected chi connectivity index (χ0v) is 13.3. The molecule has 1 aromatic rings. The van der Waals surface area contributed by atoms with Gasteiger partial charge in [0.05, 0.1) is 5.02 Å². The van der Waals surface area contributed by atoms with Crippen LogP contribution in [0.3, 0.4) is 0 Å². The van der Waals surface area contributed by atoms with E-state index < -0.39 is 10.0 Å². The van der Waals surface area contributed by atoms with Gasteiger partial charge in [-0.2, -0.15) is 4.31 Å². The maximum Gasteiger partial charge on any atom is 0.244 e. The molecule has 1 aliphatic rings. The van der Waals surface area contributed by atoms with E-state index in [0.29, 0.717) is 18.8 Å². The van der Waals surface area contributed by atoms with E-state index in [4.69, 9.17) is 17.3 Å². The fourth-order valence-electron chi connectivity index (χ4n) is 2.58. The van der Waals surface area contributed by atoms with Gasteiger partial charge in [-0.05, 0) is 45.1 Å². The Morgan fingerprint density at radius 2 is 2.15 bits per heavy atom. The summed E-state index contributed by atoms with van der Waals surface area (Å²) in [6.45, 7) is 1.26. The van der Waals surface area contributed by atoms with Crippen molar-refractivity contribution in [2.45, 2.75) is 23.8 Å². The number of benzene rings is 1. The predicted molar refractivity (Wildman–Crippen MR) is 81.3 cm³/mol. The number of anilines is 1. The van der Waals surface area contributed by atoms with E-state index in [1.165, 1.54) is 12.1 Å². The monoisotopic (exact) mass is 317 g/mol. The van der Waals surface area contributed by atoms with Crippen molar-refractivity contribution in [3.8, 4) is 0 Å². The highest BCUT2D eigenvalue weighted by molar-refractivity contribution is 7.89. The van der Waals surface area contributed by atoms with Crippen LogP contribution in [-0.4, -0.2) is 50.8 Å². The Bertz CT molecular complexity index is 589. The summed E-state index contributed by atoms with van der Waals surface area (Å²) in [6.07, 6.45) is 1.76. The number of hydrogen-bond acceptors (Lipinski definition) is 4. The topological polar surface area (TPSA) is 66.6 Å². The van der Waals surface area contributed by atoms with E-state index in [-0.39, 0.29) is 16.0 Å². The first kappa shape index (κ1) is 15.6. The first-order valence-electron chi connectivity index (χ1n) is 6.54. The Balaban J connectivity index is 2.34. The summed E-state index contributed by atoms with van der Waals surface area (Å²) in [4.78, 5) is 2.14. The van der Waals surface area contributed by atoms with Crippen LogP contribution in [0.15, 0.2) is 23.1 Å². The number of sulfonamides is 1. The quantitative estimate of drug-likeness (QED) is 0.857. The third-order valence-corrected chi connectivity index (χ3v) is 5.88. The van der Waals surface area contributed by atoms with Crippen LogP contribution < -0.4 is 5.73 Å². The zero-order chi connectivity index (χ0) is 14.9. The van der Waals surface area contributed by atoms with Crippen molar-refractivity contribution in [2.75, 3.05) is 32.9 Å². The lowest BCUT2D eigenvalue weighted by Gasteiger charge is -2.26. The normalized spacial score (nSPS) is 20.7. The highest BCUT2D eigenvalue weighted by Gasteiger charge is 2.36. The molecule has 112 valence electrons. The third-order valence-electron chi connectivity index (χ3n) is 3.44. The molecule has 1 saturated heterocycles. The van der Waals surface area contributed by atoms with E-state index in [2.05, 4.69) is 0 Å². The number of halogens is 1. The smallest absolute Gasteiger partial charge is 0.244 e. The summed E-state index contributed by atoms with van der Waals surface area (Å²) in [6, 6.07) is 4.53. The van der Waals surface area contributed by atoms with Crippen LogP contribution in [0.1, 0.15) is 12.8 Å². The van der Waals surface area contributed by atoms with Crippen LogP contribution in [0, 0.1) is 0 Å². The van der Waals surface area contributed by atoms with Crippen molar-refractivity contribution in [3.63, 3.8) is 0 Å². The van der Waals surface area contributed by atoms with Gasteiger partial charge in [0.15, 0.2) is 0 Å². The maximum absolute atomic E-state index is 12.7. The lowest BCUT2D eigenvalue weighted by Crippen LogP contribution is -2.41. The summed E-state index contributed by atoms with van der Waals surface area (Å²) in [7, 11) is 0.326. The molecule has 1 unspecified atom stereocenters. The minimum Gasteiger partial charge on any atom is -0.399 e. The molecule has 1 fully saturated rings. The molecule has 2 rings (SSSR count). The Morgan fingerprint density at radius 3 is 2.75 bits per heavy atom. The predicted octanol–water partition coefficient (Wildman–Crippen LogP) is 1.64. The summed E-state index contributed by atoms with van der Waals surface area (Å²) in [5.74, 6) is 0. The number of rotatable bonds is 4. The second-order valence-electron chi connectivity index (χ2n) is 5.36. The second kappa shape index (κ2) is 5.89. The lowest BCUT2D eigenvalue weighted by atomic mass is 10.2. The van der Waals surface area contributed by atoms with Crippen LogP contribution in [0.25, 0.3) is 0 Å². The van der Waals surface area contributed by atoms with Gasteiger partial charge < -0.3 is 10.6 Å². The molecule has 0 saturated carbocycles. The molecule has 7 heteroatoms. The molecule has 5 nitrogen and oxygen atoms in total. The molecule has 0 bridgehead atoms. The van der Waals surface area contributed by atoms with E-state index in [1.807, 2.05) is 19.0 Å². The van der Waals surface area contributed by atoms with E-state index in [9.17, 15) is 8.42 Å². The van der Waals surface area contributed by atoms with Crippen molar-refractivity contribution in [2.24, 2.45) is 0 Å². The second-order valence-corrected chi connectivity index (χ2v) is 7.63. The van der Waals surface area contributed by atoms with Crippen LogP contribution in [0.4, 0.5) is 5.69 Å². The highest BCUT2D eigenvalue weighted by Crippen LogP contribution is 2.31. The Morgan fingerprint density at radius 1 is 1.45 bits per heavy atom. The molecule has 20 heavy (non-hydrogen) atoms. The van der Waals surface area contributed by atoms with E-state index in [1.54, 1.807) is 10.4 Å². The molecule has 0 aromatic heterocycles. The van der Waals surface area contributed by atoms with Gasteiger partial charge in [-0.1, -0.05) is 11.6 Å². The van der Waals surface area contributed by atoms with Crippen LogP contribution in [0.2, 0.25) is 5.02 Å². The SMILES string of the molecule is CN(C)CC1CCCN1S(=O)(=O)c1ccc(N)cc1Cl. The number of nitrogen functional groups attached to an aromatic ring is 1. The summed E-state index contributed by atoms with van der Waals surface area (Å²) >= 11 is 6.05. The van der Waals surface area contributed by atoms with Gasteiger partial charge in [0, 0.05) is 24.8 Å². The van der Waals surface area contributed by atoms with Crippen LogP contribution >= 0.6 is 11.6 Å². The standard InChI is InChI=1S/C13H20ClN3O2S/c1-16(2)9-11-4-3-7-17(11)20(18,19)13-6-5-10(15)8-12(13)14/h5-6,8,11H,3-4,7,9,15H2,1-2H3. The van der Waals surface area contributed by atoms with Crippen molar-refractivity contribution < 1.29 is 8.42 Å². The molecule has 0 radical (unpaired) electrons. The Labute approximate surface area is 125 Å². The molecule has 1 atom stereocenters. The van der Waals surface area contributed by atoms with Crippen LogP contribution in [0.5, 0.6) is 0 Å². The first-order valence-corrected chi connectivity index (χ1v) is 8.36. The Hall–Kier alpha value is -0.820. The van der Waals surface area contributed by atoms with Gasteiger partial charge in [-0.15, -0.1) is 0 Å². The molecular weight excluding hydrogens is 298 g/mol. The minimum atomic E-state index is -3.56. The summed E-state index contributed by atoms with van der Waals surface area (Å²) in [5.41, 5.74) is 6.08. The van der Waals surface area contributed by atoms with Gasteiger partial charge in [-0.25, -0.2) is 8.42 Å². The number of likely N-dealkylation sites (N-methyl/N-ethyl adjacent to an activating group) is 1. The van der Waals surface area contributed by atoms with E-state index in [0.717, 1.165) is 12.8 Å². The maximum atomic E-state index is 12.7. The van der Waals surface area contributed by atoms with Gasteiger partial charge in [0.25, 0.3) is 0 Å². The molecule has 0 aliphatic carbocycles. The van der Waals surface area contributed by atoms with E-state index >= 15 is 0 Å². The van der Waals surface area contributed by atoms with Crippen molar-refractivity contribution in [1.29, 1.82) is 0 Å². The fraction of sp³-hybridized carbons (Fsp3) is 0.538. The van der Waals surface area contributed by atoms with Gasteiger partial charge in [0.1, 0.15) is 4.90 Å². The molecule has 1 aromatic carbocycles. The molecule has 0 spiro atoms. The number of hydrogen-bond donors (Lipinski definition) is 1. The summed E-state index contributed by atoms with van der Waals surface area (Å²) < 4.78 is 27.0. The molecular formula is C13H20ClN3O2S. The largest absolute Gasteiger partial charge is 0.399 e. The van der Waals surface area contributed by atoms with Gasteiger partial charge in [0.2, 0.25) is 10.0 Å². The average molecular weight is 318 g/mol. The van der Waals surface area contributed by atoms with Gasteiger partial charge in [-0.3, -0.25) is 0 Å². The molecule has 1 aliphatic heterocycles. The summed E-state index contributed by atoms with van der Waals surface area (Å²) in [5, 5.41) is 0.181. The van der Waals surface area contributed by atoms with Crippen molar-refractivity contribution in [1.82, 2.24) is 9.21 Å². The minimum absolute atomic E-state index is 0.00335.